The molecule has 0 fully saturated rings. The fourth-order valence-electron chi connectivity index (χ4n) is 3.92. The van der Waals surface area contributed by atoms with Crippen molar-refractivity contribution in [1.29, 1.82) is 4.78 Å². The summed E-state index contributed by atoms with van der Waals surface area (Å²) < 4.78 is 25.7. The Bertz CT molecular complexity index is 1470. The summed E-state index contributed by atoms with van der Waals surface area (Å²) in [4.78, 5) is 11.8. The summed E-state index contributed by atoms with van der Waals surface area (Å²) in [6.45, 7) is 3.26. The van der Waals surface area contributed by atoms with E-state index in [9.17, 15) is 4.21 Å². The lowest BCUT2D eigenvalue weighted by Crippen LogP contribution is -2.10. The summed E-state index contributed by atoms with van der Waals surface area (Å²) in [6, 6.07) is 23.4. The lowest BCUT2D eigenvalue weighted by atomic mass is 10.1. The first kappa shape index (κ1) is 26.9. The Labute approximate surface area is 225 Å². The molecule has 1 aromatic heterocycles. The molecule has 3 aromatic carbocycles. The monoisotopic (exact) mass is 530 g/mol. The highest BCUT2D eigenvalue weighted by atomic mass is 32.2. The van der Waals surface area contributed by atoms with Gasteiger partial charge in [-0.3, -0.25) is 0 Å². The molecule has 38 heavy (non-hydrogen) atoms. The molecule has 0 aliphatic heterocycles. The molecule has 1 unspecified atom stereocenters. The number of ether oxygens (including phenoxy) is 1. The van der Waals surface area contributed by atoms with Crippen LogP contribution in [0, 0.1) is 4.78 Å². The predicted octanol–water partition coefficient (Wildman–Crippen LogP) is 6.04. The Morgan fingerprint density at radius 1 is 1.03 bits per heavy atom. The van der Waals surface area contributed by atoms with Crippen LogP contribution in [0.2, 0.25) is 0 Å². The van der Waals surface area contributed by atoms with Crippen molar-refractivity contribution in [2.45, 2.75) is 18.2 Å². The van der Waals surface area contributed by atoms with Gasteiger partial charge in [0.05, 0.1) is 16.3 Å². The van der Waals surface area contributed by atoms with Gasteiger partial charge in [-0.05, 0) is 66.9 Å². The van der Waals surface area contributed by atoms with Gasteiger partial charge in [0.25, 0.3) is 0 Å². The average molecular weight is 531 g/mol. The van der Waals surface area contributed by atoms with Crippen LogP contribution in [0.25, 0.3) is 11.1 Å². The normalized spacial score (nSPS) is 12.4. The van der Waals surface area contributed by atoms with Crippen LogP contribution in [0.15, 0.2) is 83.9 Å². The molecule has 0 saturated carbocycles. The van der Waals surface area contributed by atoms with Gasteiger partial charge >= 0.3 is 0 Å². The smallest absolute Gasteiger partial charge is 0.229 e. The highest BCUT2D eigenvalue weighted by molar-refractivity contribution is 7.91. The molecule has 0 amide bonds. The van der Waals surface area contributed by atoms with Crippen molar-refractivity contribution in [2.24, 2.45) is 0 Å². The van der Waals surface area contributed by atoms with Gasteiger partial charge < -0.3 is 20.3 Å². The van der Waals surface area contributed by atoms with Gasteiger partial charge in [0.2, 0.25) is 5.95 Å². The highest BCUT2D eigenvalue weighted by Crippen LogP contribution is 2.29. The van der Waals surface area contributed by atoms with E-state index in [-0.39, 0.29) is 0 Å². The van der Waals surface area contributed by atoms with E-state index in [1.54, 1.807) is 24.4 Å². The van der Waals surface area contributed by atoms with Crippen LogP contribution in [-0.2, 0) is 16.1 Å². The predicted molar refractivity (Wildman–Crippen MR) is 156 cm³/mol. The first-order valence-electron chi connectivity index (χ1n) is 12.4. The Morgan fingerprint density at radius 3 is 2.42 bits per heavy atom. The van der Waals surface area contributed by atoms with E-state index in [1.165, 1.54) is 17.5 Å². The lowest BCUT2D eigenvalue weighted by Gasteiger charge is -2.15. The molecule has 8 nitrogen and oxygen atoms in total. The average Bonchev–Trinajstić information content (AvgIpc) is 2.90. The zero-order valence-corrected chi connectivity index (χ0v) is 23.0. The molecule has 4 rings (SSSR count). The number of benzene rings is 3. The first-order chi connectivity index (χ1) is 18.2. The Morgan fingerprint density at radius 2 is 1.76 bits per heavy atom. The molecule has 0 radical (unpaired) electrons. The van der Waals surface area contributed by atoms with Crippen molar-refractivity contribution in [1.82, 2.24) is 9.97 Å². The number of nitrogens with zero attached hydrogens (tertiary/aromatic N) is 3. The Hall–Kier alpha value is -4.11. The molecule has 1 heterocycles. The maximum Gasteiger partial charge on any atom is 0.229 e. The van der Waals surface area contributed by atoms with Gasteiger partial charge in [-0.15, -0.1) is 0 Å². The summed E-state index contributed by atoms with van der Waals surface area (Å²) in [5.41, 5.74) is 4.91. The second-order valence-electron chi connectivity index (χ2n) is 9.15. The van der Waals surface area contributed by atoms with Gasteiger partial charge in [-0.25, -0.2) is 14.0 Å². The van der Waals surface area contributed by atoms with Gasteiger partial charge in [0, 0.05) is 54.9 Å². The second kappa shape index (κ2) is 12.0. The maximum absolute atomic E-state index is 12.2. The molecule has 0 saturated heterocycles. The van der Waals surface area contributed by atoms with E-state index in [1.807, 2.05) is 51.4 Å². The summed E-state index contributed by atoms with van der Waals surface area (Å²) in [6.07, 6.45) is 4.03. The van der Waals surface area contributed by atoms with E-state index >= 15 is 0 Å². The van der Waals surface area contributed by atoms with Crippen LogP contribution in [0.3, 0.4) is 0 Å². The molecular formula is C29H34N6O2S. The molecule has 0 spiro atoms. The third-order valence-corrected chi connectivity index (χ3v) is 7.12. The minimum atomic E-state index is -2.83. The third-order valence-electron chi connectivity index (χ3n) is 5.96. The number of hydrogen-bond donors (Lipinski definition) is 3. The third kappa shape index (κ3) is 7.01. The fourth-order valence-corrected chi connectivity index (χ4v) is 4.61. The number of rotatable bonds is 11. The van der Waals surface area contributed by atoms with Crippen LogP contribution >= 0.6 is 0 Å². The summed E-state index contributed by atoms with van der Waals surface area (Å²) in [5, 5.41) is 6.68. The summed E-state index contributed by atoms with van der Waals surface area (Å²) in [7, 11) is 1.23. The Kier molecular flexibility index (Phi) is 8.48. The lowest BCUT2D eigenvalue weighted by molar-refractivity contribution is 0.340. The zero-order chi connectivity index (χ0) is 27.1. The minimum Gasteiger partial charge on any atom is -0.494 e. The van der Waals surface area contributed by atoms with E-state index in [4.69, 9.17) is 14.5 Å². The van der Waals surface area contributed by atoms with Gasteiger partial charge in [-0.2, -0.15) is 4.98 Å². The number of anilines is 4. The number of hydrogen-bond acceptors (Lipinski definition) is 8. The van der Waals surface area contributed by atoms with E-state index in [2.05, 4.69) is 44.8 Å². The number of aromatic nitrogens is 2. The van der Waals surface area contributed by atoms with Crippen LogP contribution in [-0.4, -0.2) is 47.7 Å². The van der Waals surface area contributed by atoms with Gasteiger partial charge in [-0.1, -0.05) is 30.3 Å². The molecule has 0 bridgehead atoms. The molecule has 1 atom stereocenters. The van der Waals surface area contributed by atoms with Gasteiger partial charge in [0.15, 0.2) is 0 Å². The summed E-state index contributed by atoms with van der Waals surface area (Å²) >= 11 is 0. The molecule has 0 aliphatic rings. The number of nitrogens with one attached hydrogen (secondary N) is 3. The molecule has 0 aliphatic carbocycles. The largest absolute Gasteiger partial charge is 0.494 e. The van der Waals surface area contributed by atoms with Crippen LogP contribution in [0.1, 0.15) is 12.5 Å². The highest BCUT2D eigenvalue weighted by Gasteiger charge is 2.12. The van der Waals surface area contributed by atoms with Crippen LogP contribution in [0.5, 0.6) is 5.75 Å². The molecular weight excluding hydrogens is 496 g/mol. The molecule has 3 N–H and O–H groups in total. The van der Waals surface area contributed by atoms with Crippen LogP contribution in [0.4, 0.5) is 23.1 Å². The van der Waals surface area contributed by atoms with Crippen LogP contribution < -0.4 is 20.3 Å². The fraction of sp³-hybridized carbons (Fsp3) is 0.241. The quantitative estimate of drug-likeness (QED) is 0.217. The minimum absolute atomic E-state index is 0.405. The SMILES string of the molecule is CCOc1ccc(-c2cnc(Nc3cccc(S(C)(=N)=O)c3)nc2NCCc2ccc(N(C)C)cc2)cc1. The van der Waals surface area contributed by atoms with Gasteiger partial charge in [0.1, 0.15) is 11.6 Å². The van der Waals surface area contributed by atoms with Crippen molar-refractivity contribution >= 4 is 32.9 Å². The zero-order valence-electron chi connectivity index (χ0n) is 22.2. The van der Waals surface area contributed by atoms with E-state index in [0.717, 1.165) is 23.3 Å². The molecule has 4 aromatic rings. The van der Waals surface area contributed by atoms with E-state index < -0.39 is 9.73 Å². The second-order valence-corrected chi connectivity index (χ2v) is 11.3. The summed E-state index contributed by atoms with van der Waals surface area (Å²) in [5.74, 6) is 1.92. The Balaban J connectivity index is 1.58. The van der Waals surface area contributed by atoms with E-state index in [0.29, 0.717) is 35.5 Å². The van der Waals surface area contributed by atoms with Crippen molar-refractivity contribution < 1.29 is 8.95 Å². The molecule has 9 heteroatoms. The molecule has 198 valence electrons. The van der Waals surface area contributed by atoms with Crippen molar-refractivity contribution in [2.75, 3.05) is 49.0 Å². The maximum atomic E-state index is 12.2. The topological polar surface area (TPSA) is 103 Å². The van der Waals surface area contributed by atoms with Crippen molar-refractivity contribution in [3.05, 3.63) is 84.6 Å². The van der Waals surface area contributed by atoms with Crippen molar-refractivity contribution in [3.8, 4) is 16.9 Å². The standard InChI is InChI=1S/C29H34N6O2S/c1-5-37-25-15-11-22(12-16-25)27-20-32-29(33-23-7-6-8-26(19-23)38(4,30)36)34-28(27)31-18-17-21-9-13-24(14-10-21)35(2)3/h6-16,19-20,30H,5,17-18H2,1-4H3,(H2,31,32,33,34). The first-order valence-corrected chi connectivity index (χ1v) is 14.4. The van der Waals surface area contributed by atoms with Crippen molar-refractivity contribution in [3.63, 3.8) is 0 Å².